The van der Waals surface area contributed by atoms with Crippen molar-refractivity contribution in [1.82, 2.24) is 0 Å². The van der Waals surface area contributed by atoms with E-state index in [1.54, 1.807) is 92.6 Å². The van der Waals surface area contributed by atoms with E-state index in [1.807, 2.05) is 103 Å². The second-order valence-corrected chi connectivity index (χ2v) is 13.0. The Morgan fingerprint density at radius 1 is 0.562 bits per heavy atom. The molecule has 0 aliphatic carbocycles. The number of benzene rings is 4. The van der Waals surface area contributed by atoms with Crippen LogP contribution in [0.3, 0.4) is 0 Å². The maximum absolute atomic E-state index is 11.8. The molecular formula is C48H68N2O12Ti2. The first-order chi connectivity index (χ1) is 28.8. The quantitative estimate of drug-likeness (QED) is 0.0476. The molecule has 0 saturated heterocycles. The molecule has 0 fully saturated rings. The fourth-order valence-electron chi connectivity index (χ4n) is 3.85. The molecule has 0 spiro atoms. The largest absolute Gasteiger partial charge is 0 e. The molecule has 16 heteroatoms. The van der Waals surface area contributed by atoms with E-state index in [0.29, 0.717) is 22.3 Å². The zero-order valence-corrected chi connectivity index (χ0v) is 40.8. The molecule has 0 bridgehead atoms. The molecule has 0 aromatic heterocycles. The van der Waals surface area contributed by atoms with E-state index in [9.17, 15) is 20.0 Å². The molecule has 0 heterocycles. The van der Waals surface area contributed by atoms with Crippen molar-refractivity contribution in [2.45, 2.75) is 94.2 Å². The van der Waals surface area contributed by atoms with E-state index in [0.717, 1.165) is 11.1 Å². The van der Waals surface area contributed by atoms with Crippen molar-refractivity contribution in [3.63, 3.8) is 0 Å². The summed E-state index contributed by atoms with van der Waals surface area (Å²) in [6.07, 6.45) is -0.667. The van der Waals surface area contributed by atoms with Crippen LogP contribution in [-0.4, -0.2) is 86.2 Å². The zero-order valence-electron chi connectivity index (χ0n) is 37.7. The summed E-state index contributed by atoms with van der Waals surface area (Å²) < 4.78 is 21.7. The van der Waals surface area contributed by atoms with Crippen LogP contribution in [0.2, 0.25) is 0 Å². The number of carboxylic acid groups (broad SMARTS) is 1. The van der Waals surface area contributed by atoms with Crippen molar-refractivity contribution in [2.24, 2.45) is 0 Å². The van der Waals surface area contributed by atoms with Crippen LogP contribution in [-0.2, 0) is 61.8 Å². The number of methoxy groups -OCH3 is 1. The fourth-order valence-corrected chi connectivity index (χ4v) is 3.85. The van der Waals surface area contributed by atoms with Crippen LogP contribution in [0, 0.1) is 22.7 Å². The first kappa shape index (κ1) is 73.5. The SMILES string of the molecule is C.CC(C)O.CC(C)O.CC(C)O.CC(C)O.CCO.COC(=O)C(C#N)=C(c1ccccc1)c1ccccc1.N#CC(C(=O)O)=C(c1ccccc1)c1ccccc1.O.[O]=[Ti]=[O].[Ti]. The van der Waals surface area contributed by atoms with Crippen molar-refractivity contribution >= 4 is 23.1 Å². The summed E-state index contributed by atoms with van der Waals surface area (Å²) in [6.45, 7) is 15.7. The second-order valence-electron chi connectivity index (χ2n) is 12.8. The Hall–Kier alpha value is -4.93. The zero-order chi connectivity index (χ0) is 47.8. The molecule has 350 valence electrons. The summed E-state index contributed by atoms with van der Waals surface area (Å²) >= 11 is -2.00. The van der Waals surface area contributed by atoms with Gasteiger partial charge in [0.2, 0.25) is 0 Å². The van der Waals surface area contributed by atoms with Crippen molar-refractivity contribution in [3.8, 4) is 12.1 Å². The van der Waals surface area contributed by atoms with Crippen LogP contribution < -0.4 is 0 Å². The van der Waals surface area contributed by atoms with Gasteiger partial charge in [-0.3, -0.25) is 0 Å². The van der Waals surface area contributed by atoms with Gasteiger partial charge in [0.25, 0.3) is 0 Å². The molecule has 14 nitrogen and oxygen atoms in total. The van der Waals surface area contributed by atoms with Gasteiger partial charge in [-0.15, -0.1) is 0 Å². The van der Waals surface area contributed by atoms with E-state index in [2.05, 4.69) is 0 Å². The summed E-state index contributed by atoms with van der Waals surface area (Å²) in [7, 11) is 1.27. The third-order valence-electron chi connectivity index (χ3n) is 5.58. The third kappa shape index (κ3) is 42.4. The maximum Gasteiger partial charge on any atom is 0 e. The number of nitriles is 2. The summed E-state index contributed by atoms with van der Waals surface area (Å²) in [5.74, 6) is -1.85. The molecule has 0 aliphatic rings. The van der Waals surface area contributed by atoms with Crippen molar-refractivity contribution in [3.05, 3.63) is 155 Å². The number of hydrogen-bond acceptors (Lipinski definition) is 12. The van der Waals surface area contributed by atoms with E-state index >= 15 is 0 Å². The van der Waals surface area contributed by atoms with Gasteiger partial charge in [-0.2, -0.15) is 10.5 Å². The van der Waals surface area contributed by atoms with Crippen LogP contribution in [0.15, 0.2) is 132 Å². The van der Waals surface area contributed by atoms with E-state index in [1.165, 1.54) is 7.11 Å². The van der Waals surface area contributed by atoms with Crippen LogP contribution >= 0.6 is 0 Å². The average Bonchev–Trinajstić information content (AvgIpc) is 3.20. The molecule has 4 aromatic carbocycles. The van der Waals surface area contributed by atoms with E-state index in [4.69, 9.17) is 42.2 Å². The van der Waals surface area contributed by atoms with Gasteiger partial charge in [-0.1, -0.05) is 129 Å². The molecule has 8 N–H and O–H groups in total. The molecule has 4 rings (SSSR count). The summed E-state index contributed by atoms with van der Waals surface area (Å²) in [6, 6.07) is 40.5. The van der Waals surface area contributed by atoms with Crippen molar-refractivity contribution in [2.75, 3.05) is 13.7 Å². The van der Waals surface area contributed by atoms with Gasteiger partial charge in [0.15, 0.2) is 0 Å². The molecule has 0 atom stereocenters. The molecule has 0 aliphatic heterocycles. The van der Waals surface area contributed by atoms with Crippen LogP contribution in [0.25, 0.3) is 11.1 Å². The average molecular weight is 961 g/mol. The van der Waals surface area contributed by atoms with Crippen molar-refractivity contribution < 1.29 is 97.9 Å². The minimum Gasteiger partial charge on any atom is 0 e. The number of aliphatic carboxylic acids is 1. The van der Waals surface area contributed by atoms with Gasteiger partial charge >= 0.3 is 37.7 Å². The molecule has 64 heavy (non-hydrogen) atoms. The first-order valence-corrected chi connectivity index (χ1v) is 20.2. The number of aliphatic hydroxyl groups excluding tert-OH is 5. The smallest absolute Gasteiger partial charge is 0 e. The number of hydrogen-bond donors (Lipinski definition) is 6. The number of carboxylic acids is 1. The number of nitrogens with zero attached hydrogens (tertiary/aromatic N) is 2. The van der Waals surface area contributed by atoms with Crippen LogP contribution in [0.1, 0.15) is 92.0 Å². The topological polar surface area (TPSA) is 278 Å². The monoisotopic (exact) mass is 960 g/mol. The third-order valence-corrected chi connectivity index (χ3v) is 5.58. The Morgan fingerprint density at radius 2 is 0.734 bits per heavy atom. The minimum absolute atomic E-state index is 0. The van der Waals surface area contributed by atoms with Gasteiger partial charge in [0.05, 0.1) is 7.11 Å². The number of carbonyl (C=O) groups excluding carboxylic acids is 1. The van der Waals surface area contributed by atoms with Crippen LogP contribution in [0.4, 0.5) is 0 Å². The van der Waals surface area contributed by atoms with Gasteiger partial charge < -0.3 is 40.9 Å². The number of ether oxygens (including phenoxy) is 1. The molecule has 0 amide bonds. The maximum atomic E-state index is 11.8. The molecule has 0 unspecified atom stereocenters. The molecule has 0 saturated carbocycles. The first-order valence-electron chi connectivity index (χ1n) is 18.9. The van der Waals surface area contributed by atoms with Crippen LogP contribution in [0.5, 0.6) is 0 Å². The van der Waals surface area contributed by atoms with E-state index < -0.39 is 31.0 Å². The Bertz CT molecular complexity index is 1790. The van der Waals surface area contributed by atoms with Gasteiger partial charge in [0, 0.05) is 63.9 Å². The second kappa shape index (κ2) is 49.1. The minimum atomic E-state index is -2.00. The van der Waals surface area contributed by atoms with E-state index in [-0.39, 0.29) is 76.8 Å². The summed E-state index contributed by atoms with van der Waals surface area (Å²) in [4.78, 5) is 23.1. The Balaban J connectivity index is -0.000000135. The Morgan fingerprint density at radius 3 is 0.875 bits per heavy atom. The number of esters is 1. The van der Waals surface area contributed by atoms with Crippen molar-refractivity contribution in [1.29, 1.82) is 10.5 Å². The number of carbonyl (C=O) groups is 2. The summed E-state index contributed by atoms with van der Waals surface area (Å²) in [5.41, 5.74) is 3.82. The van der Waals surface area contributed by atoms with Gasteiger partial charge in [-0.25, -0.2) is 9.59 Å². The van der Waals surface area contributed by atoms with Gasteiger partial charge in [-0.05, 0) is 84.6 Å². The van der Waals surface area contributed by atoms with Gasteiger partial charge in [0.1, 0.15) is 23.3 Å². The predicted molar refractivity (Wildman–Crippen MR) is 243 cm³/mol. The normalized spacial score (nSPS) is 8.39. The molecule has 4 aromatic rings. The Labute approximate surface area is 404 Å². The molecule has 0 radical (unpaired) electrons. The molecular weight excluding hydrogens is 892 g/mol. The summed E-state index contributed by atoms with van der Waals surface area (Å²) in [5, 5.41) is 67.4. The Kier molecular flexibility index (Phi) is 56.4. The number of rotatable bonds is 6. The number of aliphatic hydroxyl groups is 5. The predicted octanol–water partition coefficient (Wildman–Crippen LogP) is 7.40. The standard InChI is InChI=1S/C17H13NO2.C16H11NO2.4C3H8O.C2H6O.CH4.H2O.2O.2Ti/c1-20-17(19)15(12-18)16(13-8-4-2-5-9-13)14-10-6-3-7-11-14;17-11-14(16(18)19)15(12-7-3-1-4-8-12)13-9-5-2-6-10-13;4*1-3(2)4;1-2-3;;;;;;/h2-11H,1H3;1-10H,(H,18,19);4*3-4H,1-2H3;3H,2H2,1H3;1H4;1H2;;;;. The fraction of sp³-hybridized carbons (Fsp3) is 0.333.